The highest BCUT2D eigenvalue weighted by Crippen LogP contribution is 2.25. The lowest BCUT2D eigenvalue weighted by molar-refractivity contribution is -0.142. The molecule has 1 atom stereocenters. The maximum Gasteiger partial charge on any atom is 0.408 e. The zero-order chi connectivity index (χ0) is 16.4. The minimum Gasteiger partial charge on any atom is -0.377 e. The van der Waals surface area contributed by atoms with Gasteiger partial charge in [-0.2, -0.15) is 18.3 Å². The van der Waals surface area contributed by atoms with Crippen molar-refractivity contribution in [3.8, 4) is 0 Å². The summed E-state index contributed by atoms with van der Waals surface area (Å²) in [5.41, 5.74) is 0. The summed E-state index contributed by atoms with van der Waals surface area (Å²) < 4.78 is 43.3. The number of amides is 1. The number of hydrogen-bond acceptors (Lipinski definition) is 5. The van der Waals surface area contributed by atoms with E-state index in [9.17, 15) is 18.0 Å². The van der Waals surface area contributed by atoms with Crippen molar-refractivity contribution in [2.45, 2.75) is 18.8 Å². The van der Waals surface area contributed by atoms with Gasteiger partial charge < -0.3 is 9.64 Å². The fraction of sp³-hybridized carbons (Fsp3) is 0.462. The molecule has 2 aromatic rings. The highest BCUT2D eigenvalue weighted by molar-refractivity contribution is 7.12. The van der Waals surface area contributed by atoms with Gasteiger partial charge in [-0.05, 0) is 11.4 Å². The first-order chi connectivity index (χ1) is 10.9. The Morgan fingerprint density at radius 2 is 2.30 bits per heavy atom. The van der Waals surface area contributed by atoms with E-state index < -0.39 is 18.8 Å². The third-order valence-electron chi connectivity index (χ3n) is 3.31. The van der Waals surface area contributed by atoms with Crippen molar-refractivity contribution in [3.05, 3.63) is 34.5 Å². The monoisotopic (exact) mass is 346 g/mol. The lowest BCUT2D eigenvalue weighted by Gasteiger charge is -2.33. The van der Waals surface area contributed by atoms with Crippen molar-refractivity contribution in [1.82, 2.24) is 19.7 Å². The summed E-state index contributed by atoms with van der Waals surface area (Å²) in [6, 6.07) is 2.88. The molecule has 1 amide bonds. The van der Waals surface area contributed by atoms with Gasteiger partial charge in [0.2, 0.25) is 0 Å². The number of nitrogens with zero attached hydrogens (tertiary/aromatic N) is 4. The summed E-state index contributed by atoms with van der Waals surface area (Å²) in [5.74, 6) is -0.0423. The van der Waals surface area contributed by atoms with Gasteiger partial charge in [0.15, 0.2) is 5.82 Å². The molecular formula is C13H13F3N4O2S. The minimum atomic E-state index is -4.37. The Labute approximate surface area is 133 Å². The van der Waals surface area contributed by atoms with Gasteiger partial charge >= 0.3 is 6.18 Å². The molecule has 0 spiro atoms. The lowest BCUT2D eigenvalue weighted by Crippen LogP contribution is -2.43. The molecule has 0 radical (unpaired) electrons. The van der Waals surface area contributed by atoms with E-state index in [1.807, 2.05) is 0 Å². The van der Waals surface area contributed by atoms with E-state index in [2.05, 4.69) is 10.1 Å². The van der Waals surface area contributed by atoms with E-state index in [0.717, 1.165) is 11.0 Å². The van der Waals surface area contributed by atoms with Crippen LogP contribution < -0.4 is 0 Å². The summed E-state index contributed by atoms with van der Waals surface area (Å²) in [4.78, 5) is 18.5. The van der Waals surface area contributed by atoms with Crippen molar-refractivity contribution in [2.75, 3.05) is 19.8 Å². The molecule has 124 valence electrons. The number of carbonyl (C=O) groups excluding carboxylic acids is 1. The Morgan fingerprint density at radius 3 is 3.00 bits per heavy atom. The Bertz CT molecular complexity index is 671. The minimum absolute atomic E-state index is 0.152. The average Bonchev–Trinajstić information content (AvgIpc) is 3.16. The van der Waals surface area contributed by atoms with Crippen LogP contribution in [0.25, 0.3) is 0 Å². The van der Waals surface area contributed by atoms with Crippen LogP contribution in [-0.4, -0.2) is 51.5 Å². The van der Waals surface area contributed by atoms with Crippen LogP contribution in [0, 0.1) is 0 Å². The van der Waals surface area contributed by atoms with E-state index in [-0.39, 0.29) is 18.3 Å². The smallest absolute Gasteiger partial charge is 0.377 e. The SMILES string of the molecule is O=C(c1cccs1)N1CCOC[C@@H]1c1ncn(CC(F)(F)F)n1. The second-order valence-corrected chi connectivity index (χ2v) is 5.93. The number of carbonyl (C=O) groups is 1. The van der Waals surface area contributed by atoms with Crippen LogP contribution >= 0.6 is 11.3 Å². The number of halogens is 3. The molecule has 1 saturated heterocycles. The first-order valence-corrected chi connectivity index (χ1v) is 7.70. The molecule has 2 aromatic heterocycles. The zero-order valence-corrected chi connectivity index (χ0v) is 12.7. The predicted molar refractivity (Wildman–Crippen MR) is 75.0 cm³/mol. The molecule has 10 heteroatoms. The molecule has 23 heavy (non-hydrogen) atoms. The van der Waals surface area contributed by atoms with Gasteiger partial charge in [-0.3, -0.25) is 4.79 Å². The van der Waals surface area contributed by atoms with E-state index >= 15 is 0 Å². The van der Waals surface area contributed by atoms with Crippen molar-refractivity contribution in [2.24, 2.45) is 0 Å². The highest BCUT2D eigenvalue weighted by atomic mass is 32.1. The van der Waals surface area contributed by atoms with Gasteiger partial charge in [-0.15, -0.1) is 11.3 Å². The Kier molecular flexibility index (Phi) is 4.35. The van der Waals surface area contributed by atoms with Crippen molar-refractivity contribution in [3.63, 3.8) is 0 Å². The zero-order valence-electron chi connectivity index (χ0n) is 11.9. The third kappa shape index (κ3) is 3.70. The van der Waals surface area contributed by atoms with E-state index in [1.54, 1.807) is 22.4 Å². The number of thiophene rings is 1. The maximum atomic E-state index is 12.5. The fourth-order valence-electron chi connectivity index (χ4n) is 2.32. The van der Waals surface area contributed by atoms with Crippen LogP contribution in [0.1, 0.15) is 21.5 Å². The van der Waals surface area contributed by atoms with Crippen LogP contribution in [0.5, 0.6) is 0 Å². The predicted octanol–water partition coefficient (Wildman–Crippen LogP) is 2.12. The fourth-order valence-corrected chi connectivity index (χ4v) is 3.00. The maximum absolute atomic E-state index is 12.5. The van der Waals surface area contributed by atoms with E-state index in [0.29, 0.717) is 18.0 Å². The van der Waals surface area contributed by atoms with Crippen molar-refractivity contribution in [1.29, 1.82) is 0 Å². The molecule has 6 nitrogen and oxygen atoms in total. The van der Waals surface area contributed by atoms with Crippen LogP contribution in [0.4, 0.5) is 13.2 Å². The number of hydrogen-bond donors (Lipinski definition) is 0. The number of rotatable bonds is 3. The van der Waals surface area contributed by atoms with Gasteiger partial charge in [-0.25, -0.2) is 9.67 Å². The van der Waals surface area contributed by atoms with Crippen LogP contribution in [-0.2, 0) is 11.3 Å². The van der Waals surface area contributed by atoms with Crippen LogP contribution in [0.15, 0.2) is 23.8 Å². The Hall–Kier alpha value is -1.94. The molecule has 1 aliphatic heterocycles. The topological polar surface area (TPSA) is 60.3 Å². The number of alkyl halides is 3. The van der Waals surface area contributed by atoms with Gasteiger partial charge in [0.05, 0.1) is 18.1 Å². The largest absolute Gasteiger partial charge is 0.408 e. The molecule has 1 fully saturated rings. The third-order valence-corrected chi connectivity index (χ3v) is 4.17. The number of aromatic nitrogens is 3. The molecule has 3 rings (SSSR count). The lowest BCUT2D eigenvalue weighted by atomic mass is 10.2. The summed E-state index contributed by atoms with van der Waals surface area (Å²) in [6.07, 6.45) is -3.36. The molecule has 0 bridgehead atoms. The average molecular weight is 346 g/mol. The van der Waals surface area contributed by atoms with Crippen molar-refractivity contribution >= 4 is 17.2 Å². The molecule has 0 saturated carbocycles. The van der Waals surface area contributed by atoms with E-state index in [1.165, 1.54) is 11.3 Å². The number of ether oxygens (including phenoxy) is 1. The summed E-state index contributed by atoms with van der Waals surface area (Å²) >= 11 is 1.31. The van der Waals surface area contributed by atoms with Gasteiger partial charge in [0, 0.05) is 6.54 Å². The summed E-state index contributed by atoms with van der Waals surface area (Å²) in [5, 5.41) is 5.64. The summed E-state index contributed by atoms with van der Waals surface area (Å²) in [6.45, 7) is -0.342. The van der Waals surface area contributed by atoms with Gasteiger partial charge in [-0.1, -0.05) is 6.07 Å². The molecule has 1 aliphatic rings. The Morgan fingerprint density at radius 1 is 1.48 bits per heavy atom. The first kappa shape index (κ1) is 15.9. The first-order valence-electron chi connectivity index (χ1n) is 6.82. The van der Waals surface area contributed by atoms with E-state index in [4.69, 9.17) is 4.74 Å². The molecule has 3 heterocycles. The van der Waals surface area contributed by atoms with Gasteiger partial charge in [0.1, 0.15) is 18.9 Å². The standard InChI is InChI=1S/C13H13F3N4O2S/c14-13(15,16)7-19-8-17-11(18-19)9-6-22-4-3-20(9)12(21)10-2-1-5-23-10/h1-2,5,8-9H,3-4,6-7H2/t9-/m1/s1. The molecular weight excluding hydrogens is 333 g/mol. The highest BCUT2D eigenvalue weighted by Gasteiger charge is 2.34. The number of morpholine rings is 1. The van der Waals surface area contributed by atoms with Gasteiger partial charge in [0.25, 0.3) is 5.91 Å². The second kappa shape index (κ2) is 6.28. The normalized spacial score (nSPS) is 19.1. The second-order valence-electron chi connectivity index (χ2n) is 4.98. The molecule has 0 aromatic carbocycles. The van der Waals surface area contributed by atoms with Crippen molar-refractivity contribution < 1.29 is 22.7 Å². The molecule has 0 N–H and O–H groups in total. The summed E-state index contributed by atoms with van der Waals surface area (Å²) in [7, 11) is 0. The molecule has 0 unspecified atom stereocenters. The molecule has 0 aliphatic carbocycles. The quantitative estimate of drug-likeness (QED) is 0.854. The van der Waals surface area contributed by atoms with Crippen LogP contribution in [0.2, 0.25) is 0 Å². The van der Waals surface area contributed by atoms with Crippen LogP contribution in [0.3, 0.4) is 0 Å². The Balaban J connectivity index is 1.80.